The van der Waals surface area contributed by atoms with Crippen LogP contribution in [0.1, 0.15) is 11.1 Å². The van der Waals surface area contributed by atoms with E-state index in [1.807, 2.05) is 24.3 Å². The van der Waals surface area contributed by atoms with Crippen molar-refractivity contribution in [1.29, 1.82) is 0 Å². The number of halogens is 1. The second-order valence-corrected chi connectivity index (χ2v) is 5.22. The van der Waals surface area contributed by atoms with Crippen molar-refractivity contribution in [2.75, 3.05) is 11.9 Å². The first kappa shape index (κ1) is 13.1. The smallest absolute Gasteiger partial charge is 0.0681 e. The number of nitrogens with zero attached hydrogens (tertiary/aromatic N) is 1. The Kier molecular flexibility index (Phi) is 4.39. The minimum Gasteiger partial charge on any atom is -0.392 e. The molecule has 2 rings (SSSR count). The van der Waals surface area contributed by atoms with Gasteiger partial charge < -0.3 is 10.0 Å². The zero-order chi connectivity index (χ0) is 13.0. The molecule has 18 heavy (non-hydrogen) atoms. The van der Waals surface area contributed by atoms with E-state index in [0.717, 1.165) is 22.3 Å². The highest BCUT2D eigenvalue weighted by molar-refractivity contribution is 9.10. The van der Waals surface area contributed by atoms with E-state index in [4.69, 9.17) is 5.11 Å². The van der Waals surface area contributed by atoms with E-state index in [1.165, 1.54) is 5.56 Å². The van der Waals surface area contributed by atoms with Crippen molar-refractivity contribution < 1.29 is 5.11 Å². The zero-order valence-electron chi connectivity index (χ0n) is 10.3. The number of anilines is 1. The van der Waals surface area contributed by atoms with Gasteiger partial charge in [0.1, 0.15) is 0 Å². The van der Waals surface area contributed by atoms with Gasteiger partial charge in [0.05, 0.1) is 6.61 Å². The summed E-state index contributed by atoms with van der Waals surface area (Å²) in [6.07, 6.45) is 0. The van der Waals surface area contributed by atoms with Gasteiger partial charge in [-0.15, -0.1) is 0 Å². The van der Waals surface area contributed by atoms with Crippen LogP contribution in [-0.2, 0) is 13.2 Å². The molecular weight excluding hydrogens is 290 g/mol. The Morgan fingerprint density at radius 3 is 2.06 bits per heavy atom. The molecule has 0 aromatic heterocycles. The summed E-state index contributed by atoms with van der Waals surface area (Å²) in [4.78, 5) is 2.18. The van der Waals surface area contributed by atoms with Crippen LogP contribution in [0, 0.1) is 0 Å². The number of hydrogen-bond acceptors (Lipinski definition) is 2. The molecule has 94 valence electrons. The average Bonchev–Trinajstić information content (AvgIpc) is 2.41. The van der Waals surface area contributed by atoms with Crippen LogP contribution in [0.25, 0.3) is 0 Å². The minimum atomic E-state index is 0.0940. The van der Waals surface area contributed by atoms with Gasteiger partial charge in [0, 0.05) is 23.8 Å². The van der Waals surface area contributed by atoms with E-state index in [2.05, 4.69) is 52.1 Å². The molecule has 1 N–H and O–H groups in total. The second kappa shape index (κ2) is 6.03. The largest absolute Gasteiger partial charge is 0.392 e. The van der Waals surface area contributed by atoms with Gasteiger partial charge in [-0.2, -0.15) is 0 Å². The van der Waals surface area contributed by atoms with E-state index < -0.39 is 0 Å². The molecular formula is C15H16BrNO. The lowest BCUT2D eigenvalue weighted by Gasteiger charge is -2.19. The first-order valence-corrected chi connectivity index (χ1v) is 6.64. The summed E-state index contributed by atoms with van der Waals surface area (Å²) in [5, 5.41) is 9.01. The van der Waals surface area contributed by atoms with Crippen molar-refractivity contribution in [2.45, 2.75) is 13.2 Å². The molecule has 0 spiro atoms. The topological polar surface area (TPSA) is 23.5 Å². The van der Waals surface area contributed by atoms with Crippen molar-refractivity contribution in [3.8, 4) is 0 Å². The van der Waals surface area contributed by atoms with Crippen molar-refractivity contribution in [1.82, 2.24) is 0 Å². The third-order valence-corrected chi connectivity index (χ3v) is 3.42. The van der Waals surface area contributed by atoms with Crippen LogP contribution in [0.5, 0.6) is 0 Å². The summed E-state index contributed by atoms with van der Waals surface area (Å²) < 4.78 is 1.10. The molecule has 3 heteroatoms. The fraction of sp³-hybridized carbons (Fsp3) is 0.200. The maximum absolute atomic E-state index is 9.01. The quantitative estimate of drug-likeness (QED) is 0.933. The van der Waals surface area contributed by atoms with Crippen LogP contribution in [-0.4, -0.2) is 12.2 Å². The van der Waals surface area contributed by atoms with Gasteiger partial charge in [-0.05, 0) is 35.4 Å². The third kappa shape index (κ3) is 3.34. The Balaban J connectivity index is 2.06. The number of rotatable bonds is 4. The van der Waals surface area contributed by atoms with Crippen LogP contribution >= 0.6 is 15.9 Å². The Labute approximate surface area is 116 Å². The summed E-state index contributed by atoms with van der Waals surface area (Å²) in [6.45, 7) is 0.961. The molecule has 2 nitrogen and oxygen atoms in total. The first-order valence-electron chi connectivity index (χ1n) is 5.84. The normalized spacial score (nSPS) is 10.4. The maximum atomic E-state index is 9.01. The standard InChI is InChI=1S/C15H16BrNO/c1-17(10-12-2-6-14(16)7-3-12)15-8-4-13(11-18)5-9-15/h2-9,18H,10-11H2,1H3. The lowest BCUT2D eigenvalue weighted by atomic mass is 10.2. The average molecular weight is 306 g/mol. The van der Waals surface area contributed by atoms with Gasteiger partial charge in [0.15, 0.2) is 0 Å². The molecule has 0 aliphatic heterocycles. The highest BCUT2D eigenvalue weighted by Gasteiger charge is 2.02. The summed E-state index contributed by atoms with van der Waals surface area (Å²) in [6, 6.07) is 16.3. The molecule has 0 saturated carbocycles. The molecule has 2 aromatic rings. The second-order valence-electron chi connectivity index (χ2n) is 4.31. The van der Waals surface area contributed by atoms with Gasteiger partial charge in [0.2, 0.25) is 0 Å². The molecule has 0 fully saturated rings. The molecule has 0 heterocycles. The predicted octanol–water partition coefficient (Wildman–Crippen LogP) is 3.58. The van der Waals surface area contributed by atoms with Gasteiger partial charge in [-0.1, -0.05) is 40.2 Å². The van der Waals surface area contributed by atoms with Gasteiger partial charge >= 0.3 is 0 Å². The Bertz CT molecular complexity index is 493. The SMILES string of the molecule is CN(Cc1ccc(Br)cc1)c1ccc(CO)cc1. The van der Waals surface area contributed by atoms with Crippen LogP contribution in [0.4, 0.5) is 5.69 Å². The highest BCUT2D eigenvalue weighted by Crippen LogP contribution is 2.17. The molecule has 0 atom stereocenters. The molecule has 0 radical (unpaired) electrons. The monoisotopic (exact) mass is 305 g/mol. The molecule has 2 aromatic carbocycles. The van der Waals surface area contributed by atoms with Crippen molar-refractivity contribution in [3.63, 3.8) is 0 Å². The summed E-state index contributed by atoms with van der Waals surface area (Å²) in [7, 11) is 2.07. The minimum absolute atomic E-state index is 0.0940. The molecule has 0 aliphatic rings. The lowest BCUT2D eigenvalue weighted by Crippen LogP contribution is -2.16. The molecule has 0 saturated heterocycles. The van der Waals surface area contributed by atoms with E-state index in [1.54, 1.807) is 0 Å². The van der Waals surface area contributed by atoms with Crippen LogP contribution in [0.15, 0.2) is 53.0 Å². The number of hydrogen-bond donors (Lipinski definition) is 1. The van der Waals surface area contributed by atoms with Gasteiger partial charge in [0.25, 0.3) is 0 Å². The van der Waals surface area contributed by atoms with Crippen molar-refractivity contribution in [2.24, 2.45) is 0 Å². The summed E-state index contributed by atoms with van der Waals surface area (Å²) >= 11 is 3.44. The fourth-order valence-corrected chi connectivity index (χ4v) is 2.08. The molecule has 0 unspecified atom stereocenters. The van der Waals surface area contributed by atoms with E-state index in [0.29, 0.717) is 0 Å². The zero-order valence-corrected chi connectivity index (χ0v) is 11.9. The summed E-state index contributed by atoms with van der Waals surface area (Å²) in [5.41, 5.74) is 3.36. The number of aliphatic hydroxyl groups excluding tert-OH is 1. The van der Waals surface area contributed by atoms with Crippen LogP contribution in [0.2, 0.25) is 0 Å². The number of aliphatic hydroxyl groups is 1. The van der Waals surface area contributed by atoms with Crippen LogP contribution < -0.4 is 4.90 Å². The summed E-state index contributed by atoms with van der Waals surface area (Å²) in [5.74, 6) is 0. The molecule has 0 amide bonds. The predicted molar refractivity (Wildman–Crippen MR) is 78.6 cm³/mol. The highest BCUT2D eigenvalue weighted by atomic mass is 79.9. The van der Waals surface area contributed by atoms with Gasteiger partial charge in [-0.25, -0.2) is 0 Å². The Morgan fingerprint density at radius 1 is 0.944 bits per heavy atom. The van der Waals surface area contributed by atoms with Gasteiger partial charge in [-0.3, -0.25) is 0 Å². The maximum Gasteiger partial charge on any atom is 0.0681 e. The van der Waals surface area contributed by atoms with Crippen molar-refractivity contribution in [3.05, 3.63) is 64.1 Å². The van der Waals surface area contributed by atoms with Crippen molar-refractivity contribution >= 4 is 21.6 Å². The number of benzene rings is 2. The molecule has 0 bridgehead atoms. The van der Waals surface area contributed by atoms with E-state index >= 15 is 0 Å². The third-order valence-electron chi connectivity index (χ3n) is 2.89. The Hall–Kier alpha value is -1.32. The lowest BCUT2D eigenvalue weighted by molar-refractivity contribution is 0.282. The van der Waals surface area contributed by atoms with Crippen LogP contribution in [0.3, 0.4) is 0 Å². The fourth-order valence-electron chi connectivity index (χ4n) is 1.81. The Morgan fingerprint density at radius 2 is 1.50 bits per heavy atom. The van der Waals surface area contributed by atoms with E-state index in [-0.39, 0.29) is 6.61 Å². The van der Waals surface area contributed by atoms with E-state index in [9.17, 15) is 0 Å². The molecule has 0 aliphatic carbocycles. The first-order chi connectivity index (χ1) is 8.69.